The van der Waals surface area contributed by atoms with Gasteiger partial charge in [0.2, 0.25) is 0 Å². The molecule has 1 unspecified atom stereocenters. The summed E-state index contributed by atoms with van der Waals surface area (Å²) in [6, 6.07) is 5.91. The Morgan fingerprint density at radius 2 is 2.12 bits per heavy atom. The van der Waals surface area contributed by atoms with Crippen molar-refractivity contribution >= 4 is 11.6 Å². The summed E-state index contributed by atoms with van der Waals surface area (Å²) in [5, 5.41) is 0. The minimum Gasteiger partial charge on any atom is -0.398 e. The molecule has 0 bridgehead atoms. The standard InChI is InChI=1S/C14H20N2O/c1-9-4-7-13(15)12(8-9)14(17)16(3)10(2)11-5-6-11/h4,7-8,10-11H,5-6,15H2,1-3H3. The first-order valence-electron chi connectivity index (χ1n) is 6.14. The molecule has 0 aliphatic heterocycles. The number of carbonyl (C=O) groups excluding carboxylic acids is 1. The highest BCUT2D eigenvalue weighted by Gasteiger charge is 2.33. The number of hydrogen-bond donors (Lipinski definition) is 1. The highest BCUT2D eigenvalue weighted by Crippen LogP contribution is 2.35. The Balaban J connectivity index is 2.20. The van der Waals surface area contributed by atoms with E-state index in [0.717, 1.165) is 5.56 Å². The van der Waals surface area contributed by atoms with Gasteiger partial charge >= 0.3 is 0 Å². The number of hydrogen-bond acceptors (Lipinski definition) is 2. The van der Waals surface area contributed by atoms with Gasteiger partial charge < -0.3 is 10.6 Å². The zero-order chi connectivity index (χ0) is 12.6. The first-order chi connectivity index (χ1) is 8.00. The molecule has 1 aromatic rings. The smallest absolute Gasteiger partial charge is 0.255 e. The summed E-state index contributed by atoms with van der Waals surface area (Å²) in [5.74, 6) is 0.709. The molecule has 3 nitrogen and oxygen atoms in total. The van der Waals surface area contributed by atoms with Gasteiger partial charge in [-0.1, -0.05) is 11.6 Å². The number of nitrogens with zero attached hydrogens (tertiary/aromatic N) is 1. The van der Waals surface area contributed by atoms with Crippen LogP contribution in [0.25, 0.3) is 0 Å². The highest BCUT2D eigenvalue weighted by molar-refractivity contribution is 5.99. The van der Waals surface area contributed by atoms with Gasteiger partial charge in [0.25, 0.3) is 5.91 Å². The van der Waals surface area contributed by atoms with E-state index in [2.05, 4.69) is 6.92 Å². The number of nitrogens with two attached hydrogens (primary N) is 1. The number of benzene rings is 1. The predicted octanol–water partition coefficient (Wildman–Crippen LogP) is 2.45. The summed E-state index contributed by atoms with van der Waals surface area (Å²) >= 11 is 0. The Morgan fingerprint density at radius 1 is 1.47 bits per heavy atom. The number of amides is 1. The molecule has 0 radical (unpaired) electrons. The van der Waals surface area contributed by atoms with Gasteiger partial charge in [-0.3, -0.25) is 4.79 Å². The SMILES string of the molecule is Cc1ccc(N)c(C(=O)N(C)C(C)C2CC2)c1. The van der Waals surface area contributed by atoms with Crippen LogP contribution in [0.5, 0.6) is 0 Å². The summed E-state index contributed by atoms with van der Waals surface area (Å²) in [7, 11) is 1.87. The maximum absolute atomic E-state index is 12.3. The normalized spacial score (nSPS) is 16.6. The van der Waals surface area contributed by atoms with Crippen LogP contribution in [0.4, 0.5) is 5.69 Å². The van der Waals surface area contributed by atoms with Crippen molar-refractivity contribution in [2.45, 2.75) is 32.7 Å². The van der Waals surface area contributed by atoms with Crippen molar-refractivity contribution in [3.05, 3.63) is 29.3 Å². The van der Waals surface area contributed by atoms with E-state index in [1.165, 1.54) is 12.8 Å². The van der Waals surface area contributed by atoms with Gasteiger partial charge in [-0.15, -0.1) is 0 Å². The van der Waals surface area contributed by atoms with Crippen LogP contribution in [-0.2, 0) is 0 Å². The van der Waals surface area contributed by atoms with Crippen molar-refractivity contribution in [3.63, 3.8) is 0 Å². The lowest BCUT2D eigenvalue weighted by atomic mass is 10.1. The third-order valence-electron chi connectivity index (χ3n) is 3.67. The Morgan fingerprint density at radius 3 is 2.71 bits per heavy atom. The molecule has 0 aromatic heterocycles. The monoisotopic (exact) mass is 232 g/mol. The number of anilines is 1. The summed E-state index contributed by atoms with van der Waals surface area (Å²) < 4.78 is 0. The molecule has 1 atom stereocenters. The van der Waals surface area contributed by atoms with Crippen molar-refractivity contribution < 1.29 is 4.79 Å². The van der Waals surface area contributed by atoms with E-state index in [0.29, 0.717) is 23.2 Å². The largest absolute Gasteiger partial charge is 0.398 e. The summed E-state index contributed by atoms with van der Waals surface area (Å²) in [6.45, 7) is 4.09. The van der Waals surface area contributed by atoms with Gasteiger partial charge in [0.1, 0.15) is 0 Å². The first kappa shape index (κ1) is 12.0. The third kappa shape index (κ3) is 2.43. The van der Waals surface area contributed by atoms with Crippen molar-refractivity contribution in [1.29, 1.82) is 0 Å². The molecule has 0 saturated heterocycles. The van der Waals surface area contributed by atoms with E-state index >= 15 is 0 Å². The van der Waals surface area contributed by atoms with E-state index in [9.17, 15) is 4.79 Å². The zero-order valence-corrected chi connectivity index (χ0v) is 10.7. The van der Waals surface area contributed by atoms with Crippen LogP contribution in [-0.4, -0.2) is 23.9 Å². The lowest BCUT2D eigenvalue weighted by Crippen LogP contribution is -2.36. The van der Waals surface area contributed by atoms with Gasteiger partial charge in [0, 0.05) is 18.8 Å². The number of carbonyl (C=O) groups is 1. The molecular weight excluding hydrogens is 212 g/mol. The van der Waals surface area contributed by atoms with Gasteiger partial charge in [-0.2, -0.15) is 0 Å². The molecule has 1 saturated carbocycles. The van der Waals surface area contributed by atoms with Crippen LogP contribution in [0.3, 0.4) is 0 Å². The third-order valence-corrected chi connectivity index (χ3v) is 3.67. The Hall–Kier alpha value is -1.51. The Labute approximate surface area is 103 Å². The quantitative estimate of drug-likeness (QED) is 0.814. The highest BCUT2D eigenvalue weighted by atomic mass is 16.2. The molecule has 2 N–H and O–H groups in total. The molecule has 1 aliphatic rings. The molecule has 0 spiro atoms. The second-order valence-electron chi connectivity index (χ2n) is 5.08. The van der Waals surface area contributed by atoms with Crippen molar-refractivity contribution in [1.82, 2.24) is 4.90 Å². The average molecular weight is 232 g/mol. The lowest BCUT2D eigenvalue weighted by Gasteiger charge is -2.25. The molecule has 0 heterocycles. The zero-order valence-electron chi connectivity index (χ0n) is 10.7. The van der Waals surface area contributed by atoms with Crippen LogP contribution < -0.4 is 5.73 Å². The maximum Gasteiger partial charge on any atom is 0.255 e. The first-order valence-corrected chi connectivity index (χ1v) is 6.14. The average Bonchev–Trinajstić information content (AvgIpc) is 3.13. The minimum absolute atomic E-state index is 0.0330. The predicted molar refractivity (Wildman–Crippen MR) is 69.9 cm³/mol. The summed E-state index contributed by atoms with van der Waals surface area (Å²) in [4.78, 5) is 14.2. The van der Waals surface area contributed by atoms with E-state index in [-0.39, 0.29) is 5.91 Å². The maximum atomic E-state index is 12.3. The van der Waals surface area contributed by atoms with Crippen LogP contribution in [0.1, 0.15) is 35.7 Å². The van der Waals surface area contributed by atoms with Gasteiger partial charge in [0.05, 0.1) is 5.56 Å². The van der Waals surface area contributed by atoms with E-state index < -0.39 is 0 Å². The fourth-order valence-electron chi connectivity index (χ4n) is 2.13. The van der Waals surface area contributed by atoms with E-state index in [1.807, 2.05) is 31.0 Å². The van der Waals surface area contributed by atoms with Crippen molar-refractivity contribution in [2.24, 2.45) is 5.92 Å². The molecule has 1 fully saturated rings. The Kier molecular flexibility index (Phi) is 3.09. The molecule has 2 rings (SSSR count). The number of aryl methyl sites for hydroxylation is 1. The fraction of sp³-hybridized carbons (Fsp3) is 0.500. The summed E-state index contributed by atoms with van der Waals surface area (Å²) in [5.41, 5.74) is 8.13. The molecular formula is C14H20N2O. The van der Waals surface area contributed by atoms with Gasteiger partial charge in [0.15, 0.2) is 0 Å². The molecule has 92 valence electrons. The minimum atomic E-state index is 0.0330. The Bertz CT molecular complexity index is 438. The lowest BCUT2D eigenvalue weighted by molar-refractivity contribution is 0.0728. The van der Waals surface area contributed by atoms with Crippen LogP contribution in [0, 0.1) is 12.8 Å². The molecule has 1 aliphatic carbocycles. The number of nitrogen functional groups attached to an aromatic ring is 1. The summed E-state index contributed by atoms with van der Waals surface area (Å²) in [6.07, 6.45) is 2.48. The number of rotatable bonds is 3. The second kappa shape index (κ2) is 4.40. The molecule has 1 amide bonds. The van der Waals surface area contributed by atoms with Crippen LogP contribution >= 0.6 is 0 Å². The van der Waals surface area contributed by atoms with Crippen molar-refractivity contribution in [2.75, 3.05) is 12.8 Å². The fourth-order valence-corrected chi connectivity index (χ4v) is 2.13. The molecule has 3 heteroatoms. The van der Waals surface area contributed by atoms with E-state index in [4.69, 9.17) is 5.73 Å². The van der Waals surface area contributed by atoms with Gasteiger partial charge in [-0.05, 0) is 44.7 Å². The van der Waals surface area contributed by atoms with E-state index in [1.54, 1.807) is 6.07 Å². The van der Waals surface area contributed by atoms with Gasteiger partial charge in [-0.25, -0.2) is 0 Å². The van der Waals surface area contributed by atoms with Crippen LogP contribution in [0.15, 0.2) is 18.2 Å². The van der Waals surface area contributed by atoms with Crippen LogP contribution in [0.2, 0.25) is 0 Å². The molecule has 1 aromatic carbocycles. The van der Waals surface area contributed by atoms with Crippen molar-refractivity contribution in [3.8, 4) is 0 Å². The topological polar surface area (TPSA) is 46.3 Å². The molecule has 17 heavy (non-hydrogen) atoms. The second-order valence-corrected chi connectivity index (χ2v) is 5.08.